The van der Waals surface area contributed by atoms with Crippen molar-refractivity contribution in [2.75, 3.05) is 10.6 Å². The fraction of sp³-hybridized carbons (Fsp3) is 0.158. The normalized spacial score (nSPS) is 10.6. The summed E-state index contributed by atoms with van der Waals surface area (Å²) in [5.41, 5.74) is 2.26. The van der Waals surface area contributed by atoms with Gasteiger partial charge in [0.1, 0.15) is 0 Å². The number of aromatic amines is 1. The molecule has 0 saturated carbocycles. The largest absolute Gasteiger partial charge is 0.417 e. The average Bonchev–Trinajstić information content (AvgIpc) is 2.98. The Labute approximate surface area is 153 Å². The Bertz CT molecular complexity index is 1080. The number of anilines is 2. The average molecular weight is 367 g/mol. The van der Waals surface area contributed by atoms with Crippen LogP contribution in [0.4, 0.5) is 11.4 Å². The summed E-state index contributed by atoms with van der Waals surface area (Å²) in [4.78, 5) is 49.1. The number of amides is 2. The molecular formula is C19H17N3O5. The number of carbonyl (C=O) groups excluding carboxylic acids is 3. The van der Waals surface area contributed by atoms with Crippen LogP contribution in [0.2, 0.25) is 0 Å². The Kier molecular flexibility index (Phi) is 5.16. The second-order valence-corrected chi connectivity index (χ2v) is 5.96. The van der Waals surface area contributed by atoms with E-state index in [9.17, 15) is 19.2 Å². The molecule has 0 atom stereocenters. The zero-order valence-corrected chi connectivity index (χ0v) is 14.5. The van der Waals surface area contributed by atoms with Crippen LogP contribution in [-0.2, 0) is 9.59 Å². The van der Waals surface area contributed by atoms with Crippen molar-refractivity contribution in [3.63, 3.8) is 0 Å². The molecule has 3 aromatic rings. The van der Waals surface area contributed by atoms with Gasteiger partial charge in [0.2, 0.25) is 11.8 Å². The van der Waals surface area contributed by atoms with Gasteiger partial charge in [0.25, 0.3) is 0 Å². The Morgan fingerprint density at radius 3 is 2.48 bits per heavy atom. The van der Waals surface area contributed by atoms with Crippen LogP contribution in [0, 0.1) is 0 Å². The molecule has 2 amide bonds. The summed E-state index contributed by atoms with van der Waals surface area (Å²) in [5.74, 6) is -1.35. The van der Waals surface area contributed by atoms with Crippen LogP contribution in [0.25, 0.3) is 11.1 Å². The topological polar surface area (TPSA) is 121 Å². The van der Waals surface area contributed by atoms with E-state index in [0.717, 1.165) is 0 Å². The van der Waals surface area contributed by atoms with E-state index in [4.69, 9.17) is 4.42 Å². The standard InChI is InChI=1S/C19H17N3O5/c1-11(23)20-13-3-2-4-14(10-13)21-18(25)8-7-16(24)12-5-6-15-17(9-12)27-19(26)22-15/h2-6,9-10H,7-8H2,1H3,(H,20,23)(H,21,25)(H,22,26). The fourth-order valence-corrected chi connectivity index (χ4v) is 2.59. The lowest BCUT2D eigenvalue weighted by atomic mass is 10.1. The first kappa shape index (κ1) is 18.1. The molecule has 0 aliphatic carbocycles. The zero-order valence-electron chi connectivity index (χ0n) is 14.5. The quantitative estimate of drug-likeness (QED) is 0.578. The monoisotopic (exact) mass is 367 g/mol. The SMILES string of the molecule is CC(=O)Nc1cccc(NC(=O)CCC(=O)c2ccc3[nH]c(=O)oc3c2)c1. The van der Waals surface area contributed by atoms with E-state index in [2.05, 4.69) is 15.6 Å². The Balaban J connectivity index is 1.58. The summed E-state index contributed by atoms with van der Waals surface area (Å²) < 4.78 is 4.93. The van der Waals surface area contributed by atoms with E-state index in [1.807, 2.05) is 0 Å². The third-order valence-electron chi connectivity index (χ3n) is 3.79. The van der Waals surface area contributed by atoms with Crippen molar-refractivity contribution in [1.29, 1.82) is 0 Å². The highest BCUT2D eigenvalue weighted by atomic mass is 16.4. The van der Waals surface area contributed by atoms with E-state index in [-0.39, 0.29) is 30.4 Å². The van der Waals surface area contributed by atoms with Gasteiger partial charge < -0.3 is 15.1 Å². The summed E-state index contributed by atoms with van der Waals surface area (Å²) in [6.07, 6.45) is 0.00962. The lowest BCUT2D eigenvalue weighted by molar-refractivity contribution is -0.116. The molecule has 0 aliphatic heterocycles. The number of hydrogen-bond acceptors (Lipinski definition) is 5. The van der Waals surface area contributed by atoms with Crippen LogP contribution in [0.15, 0.2) is 51.7 Å². The maximum Gasteiger partial charge on any atom is 0.417 e. The molecule has 1 aromatic heterocycles. The molecule has 2 aromatic carbocycles. The molecular weight excluding hydrogens is 350 g/mol. The molecule has 3 N–H and O–H groups in total. The molecule has 138 valence electrons. The van der Waals surface area contributed by atoms with E-state index >= 15 is 0 Å². The van der Waals surface area contributed by atoms with Gasteiger partial charge in [-0.25, -0.2) is 4.79 Å². The van der Waals surface area contributed by atoms with Crippen LogP contribution in [-0.4, -0.2) is 22.6 Å². The molecule has 3 rings (SSSR count). The minimum absolute atomic E-state index is 0.00167. The van der Waals surface area contributed by atoms with Crippen LogP contribution in [0.3, 0.4) is 0 Å². The van der Waals surface area contributed by atoms with Crippen molar-refractivity contribution in [1.82, 2.24) is 4.98 Å². The Morgan fingerprint density at radius 1 is 1.00 bits per heavy atom. The maximum absolute atomic E-state index is 12.3. The molecule has 0 aliphatic rings. The molecule has 1 heterocycles. The molecule has 27 heavy (non-hydrogen) atoms. The third kappa shape index (κ3) is 4.69. The van der Waals surface area contributed by atoms with Gasteiger partial charge in [-0.2, -0.15) is 0 Å². The molecule has 8 heteroatoms. The maximum atomic E-state index is 12.3. The van der Waals surface area contributed by atoms with Gasteiger partial charge >= 0.3 is 5.76 Å². The van der Waals surface area contributed by atoms with E-state index in [1.165, 1.54) is 13.0 Å². The van der Waals surface area contributed by atoms with Gasteiger partial charge in [-0.1, -0.05) is 6.07 Å². The lowest BCUT2D eigenvalue weighted by Crippen LogP contribution is -2.14. The summed E-state index contributed by atoms with van der Waals surface area (Å²) in [6.45, 7) is 1.40. The number of Topliss-reactive ketones (excluding diaryl/α,β-unsaturated/α-hetero) is 1. The van der Waals surface area contributed by atoms with Crippen molar-refractivity contribution in [3.8, 4) is 0 Å². The third-order valence-corrected chi connectivity index (χ3v) is 3.79. The van der Waals surface area contributed by atoms with Crippen molar-refractivity contribution in [2.24, 2.45) is 0 Å². The van der Waals surface area contributed by atoms with Gasteiger partial charge in [-0.3, -0.25) is 19.4 Å². The molecule has 0 radical (unpaired) electrons. The summed E-state index contributed by atoms with van der Waals surface area (Å²) in [7, 11) is 0. The van der Waals surface area contributed by atoms with Gasteiger partial charge in [0.05, 0.1) is 5.52 Å². The highest BCUT2D eigenvalue weighted by Gasteiger charge is 2.12. The number of nitrogens with one attached hydrogen (secondary N) is 3. The highest BCUT2D eigenvalue weighted by Crippen LogP contribution is 2.17. The molecule has 0 spiro atoms. The number of benzene rings is 2. The Hall–Kier alpha value is -3.68. The number of rotatable bonds is 6. The van der Waals surface area contributed by atoms with Gasteiger partial charge in [0, 0.05) is 36.7 Å². The Morgan fingerprint density at radius 2 is 1.74 bits per heavy atom. The molecule has 0 fully saturated rings. The smallest absolute Gasteiger partial charge is 0.408 e. The molecule has 0 bridgehead atoms. The second kappa shape index (κ2) is 7.69. The summed E-state index contributed by atoms with van der Waals surface area (Å²) >= 11 is 0. The zero-order chi connectivity index (χ0) is 19.4. The molecule has 0 saturated heterocycles. The van der Waals surface area contributed by atoms with Gasteiger partial charge in [-0.05, 0) is 36.4 Å². The number of H-pyrrole nitrogens is 1. The van der Waals surface area contributed by atoms with Gasteiger partial charge in [0.15, 0.2) is 11.4 Å². The van der Waals surface area contributed by atoms with Crippen LogP contribution in [0.5, 0.6) is 0 Å². The highest BCUT2D eigenvalue weighted by molar-refractivity contribution is 6.01. The van der Waals surface area contributed by atoms with Crippen LogP contribution in [0.1, 0.15) is 30.1 Å². The van der Waals surface area contributed by atoms with Crippen molar-refractivity contribution < 1.29 is 18.8 Å². The number of hydrogen-bond donors (Lipinski definition) is 3. The number of carbonyl (C=O) groups is 3. The minimum atomic E-state index is -0.588. The summed E-state index contributed by atoms with van der Waals surface area (Å²) in [6, 6.07) is 11.4. The first-order valence-corrected chi connectivity index (χ1v) is 8.24. The predicted molar refractivity (Wildman–Crippen MR) is 99.8 cm³/mol. The molecule has 8 nitrogen and oxygen atoms in total. The molecule has 0 unspecified atom stereocenters. The number of aromatic nitrogens is 1. The number of fused-ring (bicyclic) bond motifs is 1. The van der Waals surface area contributed by atoms with Crippen molar-refractivity contribution in [2.45, 2.75) is 19.8 Å². The minimum Gasteiger partial charge on any atom is -0.408 e. The van der Waals surface area contributed by atoms with Crippen molar-refractivity contribution >= 4 is 40.1 Å². The van der Waals surface area contributed by atoms with E-state index in [0.29, 0.717) is 28.0 Å². The second-order valence-electron chi connectivity index (χ2n) is 5.96. The van der Waals surface area contributed by atoms with Crippen LogP contribution >= 0.6 is 0 Å². The predicted octanol–water partition coefficient (Wildman–Crippen LogP) is 2.68. The van der Waals surface area contributed by atoms with E-state index in [1.54, 1.807) is 36.4 Å². The lowest BCUT2D eigenvalue weighted by Gasteiger charge is -2.08. The van der Waals surface area contributed by atoms with Crippen LogP contribution < -0.4 is 16.4 Å². The summed E-state index contributed by atoms with van der Waals surface area (Å²) in [5, 5.41) is 5.32. The number of oxazole rings is 1. The van der Waals surface area contributed by atoms with Gasteiger partial charge in [-0.15, -0.1) is 0 Å². The van der Waals surface area contributed by atoms with E-state index < -0.39 is 5.76 Å². The number of ketones is 1. The first-order chi connectivity index (χ1) is 12.9. The van der Waals surface area contributed by atoms with Crippen molar-refractivity contribution in [3.05, 3.63) is 58.6 Å². The fourth-order valence-electron chi connectivity index (χ4n) is 2.59. The first-order valence-electron chi connectivity index (χ1n) is 8.24.